The molecule has 0 N–H and O–H groups in total. The molecule has 0 rings (SSSR count). The van der Waals surface area contributed by atoms with Crippen LogP contribution >= 0.6 is 20.3 Å². The zero-order valence-electron chi connectivity index (χ0n) is 3.88. The van der Waals surface area contributed by atoms with Crippen LogP contribution in [-0.2, 0) is 29.3 Å². The third-order valence-electron chi connectivity index (χ3n) is 0. The first-order valence-corrected chi connectivity index (χ1v) is 3.12. The Morgan fingerprint density at radius 3 is 0.778 bits per heavy atom. The Hall–Kier alpha value is 1.96. The Kier molecular flexibility index (Phi) is 702. The van der Waals surface area contributed by atoms with Gasteiger partial charge >= 0.3 is 67.9 Å². The Balaban J connectivity index is -0.00000000133. The average Bonchev–Trinajstić information content (AvgIpc) is 0.918. The summed E-state index contributed by atoms with van der Waals surface area (Å²) in [6, 6.07) is 0. The van der Waals surface area contributed by atoms with Crippen LogP contribution in [0.15, 0.2) is 0 Å². The second-order valence-electron chi connectivity index (χ2n) is 0.0476. The maximum Gasteiger partial charge on any atom is -2.00 e. The van der Waals surface area contributed by atoms with E-state index in [1.165, 1.54) is 0 Å². The van der Waals surface area contributed by atoms with Crippen LogP contribution in [0, 0.1) is 0 Å². The second-order valence-corrected chi connectivity index (χ2v) is 1.77. The van der Waals surface area contributed by atoms with Crippen molar-refractivity contribution in [3.05, 3.63) is 0 Å². The number of halogens is 3. The van der Waals surface area contributed by atoms with Crippen molar-refractivity contribution in [2.24, 2.45) is 0 Å². The summed E-state index contributed by atoms with van der Waals surface area (Å²) in [4.78, 5) is 0. The van der Waals surface area contributed by atoms with E-state index < -0.39 is 0 Å². The van der Waals surface area contributed by atoms with Gasteiger partial charge in [-0.25, -0.2) is 0 Å². The fraction of sp³-hybridized carbons (Fsp3) is 0. The van der Waals surface area contributed by atoms with E-state index in [0.717, 1.165) is 0 Å². The van der Waals surface area contributed by atoms with Crippen LogP contribution in [-0.4, -0.2) is 34.7 Å². The van der Waals surface area contributed by atoms with Crippen molar-refractivity contribution in [3.8, 4) is 0 Å². The van der Waals surface area contributed by atoms with Gasteiger partial charge in [-0.05, 0) is 0 Å². The predicted octanol–water partition coefficient (Wildman–Crippen LogP) is 0.411. The summed E-state index contributed by atoms with van der Waals surface area (Å²) in [7, 11) is 9.47. The van der Waals surface area contributed by atoms with Crippen LogP contribution in [0.5, 0.6) is 0 Å². The van der Waals surface area contributed by atoms with Crippen LogP contribution < -0.4 is 0 Å². The topological polar surface area (TPSA) is 85.5 Å². The van der Waals surface area contributed by atoms with Gasteiger partial charge in [-0.1, -0.05) is 0 Å². The summed E-state index contributed by atoms with van der Waals surface area (Å²) in [5, 5.41) is 0. The van der Waals surface area contributed by atoms with E-state index in [4.69, 9.17) is 20.3 Å². The fourth-order valence-electron chi connectivity index (χ4n) is 0. The molecule has 0 aliphatic heterocycles. The van der Waals surface area contributed by atoms with E-state index in [9.17, 15) is 0 Å². The molecule has 3 nitrogen and oxygen atoms in total. The Labute approximate surface area is 88.5 Å². The van der Waals surface area contributed by atoms with E-state index in [1.807, 2.05) is 0 Å². The van der Waals surface area contributed by atoms with E-state index >= 15 is 0 Å². The molecule has 0 fully saturated rings. The summed E-state index contributed by atoms with van der Waals surface area (Å²) in [6.07, 6.45) is 0. The molecule has 0 aromatic carbocycles. The van der Waals surface area contributed by atoms with Gasteiger partial charge in [0.2, 0.25) is 0 Å². The molecule has 0 atom stereocenters. The molecular formula is HAl2Cl2CoFO3. The summed E-state index contributed by atoms with van der Waals surface area (Å²) >= 11 is 0.382. The van der Waals surface area contributed by atoms with Crippen molar-refractivity contribution in [1.82, 2.24) is 0 Å². The molecule has 55 valence electrons. The molecule has 0 unspecified atom stereocenters. The van der Waals surface area contributed by atoms with Gasteiger partial charge in [0.25, 0.3) is 0 Å². The molecule has 0 radical (unpaired) electrons. The minimum atomic E-state index is 0. The smallest absolute Gasteiger partial charge is 2.00 e. The zero-order valence-corrected chi connectivity index (χ0v) is 8.74. The van der Waals surface area contributed by atoms with Gasteiger partial charge in [0.15, 0.2) is 0 Å². The minimum Gasteiger partial charge on any atom is -2.00 e. The Morgan fingerprint density at radius 1 is 0.778 bits per heavy atom. The third-order valence-corrected chi connectivity index (χ3v) is 0. The van der Waals surface area contributed by atoms with Gasteiger partial charge in [0.05, 0.1) is 0 Å². The predicted molar refractivity (Wildman–Crippen MR) is 27.8 cm³/mol. The van der Waals surface area contributed by atoms with Crippen molar-refractivity contribution in [2.45, 2.75) is 0 Å². The SMILES string of the molecule is F.[Al+3].[Al+3].[Cl][Co][Cl].[O-2].[O-2].[O-2]. The molecule has 0 aromatic rings. The van der Waals surface area contributed by atoms with Crippen molar-refractivity contribution >= 4 is 55.0 Å². The largest absolute Gasteiger partial charge is 2.00 e. The van der Waals surface area contributed by atoms with Crippen molar-refractivity contribution < 1.29 is 34.0 Å². The van der Waals surface area contributed by atoms with E-state index in [-0.39, 0.29) is 55.9 Å². The number of hydrogen-bond acceptors (Lipinski definition) is 0. The molecule has 9 heteroatoms. The van der Waals surface area contributed by atoms with Crippen LogP contribution in [0.25, 0.3) is 0 Å². The maximum atomic E-state index is 4.73. The molecule has 0 saturated heterocycles. The third kappa shape index (κ3) is 164. The first-order chi connectivity index (χ1) is 1.41. The second kappa shape index (κ2) is 91.2. The van der Waals surface area contributed by atoms with Crippen LogP contribution in [0.2, 0.25) is 0 Å². The summed E-state index contributed by atoms with van der Waals surface area (Å²) < 4.78 is 0. The monoisotopic (exact) mass is 251 g/mol. The molecule has 0 aliphatic rings. The fourth-order valence-corrected chi connectivity index (χ4v) is 0. The van der Waals surface area contributed by atoms with E-state index in [2.05, 4.69) is 0 Å². The quantitative estimate of drug-likeness (QED) is 0.559. The number of hydrogen-bond donors (Lipinski definition) is 0. The van der Waals surface area contributed by atoms with Gasteiger partial charge in [0.1, 0.15) is 0 Å². The first-order valence-electron chi connectivity index (χ1n) is 0.252. The Bertz CT molecular complexity index is 19.8. The molecule has 0 bridgehead atoms. The van der Waals surface area contributed by atoms with Crippen molar-refractivity contribution in [2.75, 3.05) is 0 Å². The number of rotatable bonds is 0. The normalized spacial score (nSPS) is 2.44. The van der Waals surface area contributed by atoms with E-state index in [1.54, 1.807) is 0 Å². The van der Waals surface area contributed by atoms with Gasteiger partial charge in [-0.15, -0.1) is 0 Å². The standard InChI is InChI=1S/2Al.2ClH.Co.FH.3O/h;;2*1H;;1H;;;/q2*+3;;;+2;;3*-2/p-2. The summed E-state index contributed by atoms with van der Waals surface area (Å²) in [6.45, 7) is 0. The molecule has 0 heterocycles. The molecular weight excluding hydrogens is 251 g/mol. The van der Waals surface area contributed by atoms with E-state index in [0.29, 0.717) is 12.9 Å². The van der Waals surface area contributed by atoms with Crippen LogP contribution in [0.4, 0.5) is 4.70 Å². The van der Waals surface area contributed by atoms with Gasteiger partial charge in [-0.2, -0.15) is 0 Å². The van der Waals surface area contributed by atoms with Crippen molar-refractivity contribution in [3.63, 3.8) is 0 Å². The molecule has 0 amide bonds. The Morgan fingerprint density at radius 2 is 0.778 bits per heavy atom. The molecule has 0 spiro atoms. The van der Waals surface area contributed by atoms with Crippen molar-refractivity contribution in [1.29, 1.82) is 0 Å². The van der Waals surface area contributed by atoms with Gasteiger partial charge in [0, 0.05) is 0 Å². The molecule has 9 heavy (non-hydrogen) atoms. The minimum absolute atomic E-state index is 0. The maximum absolute atomic E-state index is 4.73. The molecule has 0 saturated carbocycles. The first kappa shape index (κ1) is 69.3. The summed E-state index contributed by atoms with van der Waals surface area (Å²) in [5.41, 5.74) is 0. The molecule has 0 aliphatic carbocycles. The summed E-state index contributed by atoms with van der Waals surface area (Å²) in [5.74, 6) is 0. The average molecular weight is 252 g/mol. The van der Waals surface area contributed by atoms with Gasteiger partial charge in [-0.3, -0.25) is 4.70 Å². The molecule has 0 aromatic heterocycles. The van der Waals surface area contributed by atoms with Gasteiger partial charge < -0.3 is 16.4 Å². The zero-order chi connectivity index (χ0) is 2.71. The van der Waals surface area contributed by atoms with Crippen LogP contribution in [0.1, 0.15) is 0 Å². The van der Waals surface area contributed by atoms with Crippen LogP contribution in [0.3, 0.4) is 0 Å².